The van der Waals surface area contributed by atoms with E-state index in [4.69, 9.17) is 0 Å². The fraction of sp³-hybridized carbons (Fsp3) is 0.471. The Labute approximate surface area is 126 Å². The molecule has 4 heteroatoms. The van der Waals surface area contributed by atoms with Gasteiger partial charge in [-0.3, -0.25) is 4.79 Å². The van der Waals surface area contributed by atoms with Crippen LogP contribution in [0.1, 0.15) is 20.3 Å². The fourth-order valence-electron chi connectivity index (χ4n) is 2.56. The average Bonchev–Trinajstić information content (AvgIpc) is 2.91. The molecule has 0 spiro atoms. The van der Waals surface area contributed by atoms with Crippen molar-refractivity contribution in [3.63, 3.8) is 0 Å². The summed E-state index contributed by atoms with van der Waals surface area (Å²) in [5.41, 5.74) is 1.11. The van der Waals surface area contributed by atoms with E-state index in [0.717, 1.165) is 38.1 Å². The number of para-hydroxylation sites is 1. The summed E-state index contributed by atoms with van der Waals surface area (Å²) >= 11 is 0. The number of hydrogen-bond donors (Lipinski definition) is 1. The smallest absolute Gasteiger partial charge is 0.239 e. The highest BCUT2D eigenvalue weighted by atomic mass is 16.1. The number of nitrogens with one attached hydrogen (secondary N) is 1. The zero-order valence-electron chi connectivity index (χ0n) is 13.0. The van der Waals surface area contributed by atoms with Gasteiger partial charge >= 0.3 is 0 Å². The Morgan fingerprint density at radius 1 is 1.19 bits per heavy atom. The van der Waals surface area contributed by atoms with Crippen molar-refractivity contribution in [1.29, 1.82) is 0 Å². The van der Waals surface area contributed by atoms with Crippen LogP contribution in [0, 0.1) is 0 Å². The summed E-state index contributed by atoms with van der Waals surface area (Å²) in [5, 5.41) is 4.18. The van der Waals surface area contributed by atoms with Gasteiger partial charge in [0.05, 0.1) is 0 Å². The molecule has 1 aromatic carbocycles. The van der Waals surface area contributed by atoms with Crippen LogP contribution >= 0.6 is 0 Å². The second-order valence-corrected chi connectivity index (χ2v) is 5.23. The summed E-state index contributed by atoms with van der Waals surface area (Å²) in [6.07, 6.45) is 2.97. The van der Waals surface area contributed by atoms with E-state index in [1.54, 1.807) is 0 Å². The molecule has 1 heterocycles. The molecule has 0 saturated heterocycles. The van der Waals surface area contributed by atoms with E-state index < -0.39 is 0 Å². The molecule has 0 aliphatic carbocycles. The second kappa shape index (κ2) is 7.84. The van der Waals surface area contributed by atoms with E-state index in [1.165, 1.54) is 5.39 Å². The van der Waals surface area contributed by atoms with Gasteiger partial charge in [0.25, 0.3) is 0 Å². The zero-order chi connectivity index (χ0) is 15.1. The molecule has 0 fully saturated rings. The maximum Gasteiger partial charge on any atom is 0.239 e. The van der Waals surface area contributed by atoms with Crippen LogP contribution < -0.4 is 5.32 Å². The lowest BCUT2D eigenvalue weighted by Gasteiger charge is -2.17. The fourth-order valence-corrected chi connectivity index (χ4v) is 2.56. The molecule has 1 aromatic heterocycles. The standard InChI is InChI=1S/C17H25N3O/c1-3-19(4-2)12-7-11-18-17(21)14-20-13-10-15-8-5-6-9-16(15)20/h5-6,8-10,13H,3-4,7,11-12,14H2,1-2H3,(H,18,21). The third-order valence-electron chi connectivity index (χ3n) is 3.86. The van der Waals surface area contributed by atoms with Gasteiger partial charge in [-0.15, -0.1) is 0 Å². The number of benzene rings is 1. The topological polar surface area (TPSA) is 37.3 Å². The molecule has 0 unspecified atom stereocenters. The quantitative estimate of drug-likeness (QED) is 0.757. The molecule has 0 radical (unpaired) electrons. The molecule has 0 atom stereocenters. The van der Waals surface area contributed by atoms with E-state index >= 15 is 0 Å². The summed E-state index contributed by atoms with van der Waals surface area (Å²) in [4.78, 5) is 14.4. The molecular weight excluding hydrogens is 262 g/mol. The predicted octanol–water partition coefficient (Wildman–Crippen LogP) is 2.49. The predicted molar refractivity (Wildman–Crippen MR) is 87.4 cm³/mol. The number of rotatable bonds is 8. The first-order valence-corrected chi connectivity index (χ1v) is 7.77. The highest BCUT2D eigenvalue weighted by Crippen LogP contribution is 2.14. The minimum Gasteiger partial charge on any atom is -0.355 e. The number of amides is 1. The molecule has 114 valence electrons. The second-order valence-electron chi connectivity index (χ2n) is 5.23. The first-order chi connectivity index (χ1) is 10.2. The molecule has 0 aliphatic rings. The van der Waals surface area contributed by atoms with Crippen LogP contribution in [0.5, 0.6) is 0 Å². The van der Waals surface area contributed by atoms with Gasteiger partial charge in [0.2, 0.25) is 5.91 Å². The number of aromatic nitrogens is 1. The first kappa shape index (κ1) is 15.6. The van der Waals surface area contributed by atoms with Crippen molar-refractivity contribution in [1.82, 2.24) is 14.8 Å². The summed E-state index contributed by atoms with van der Waals surface area (Å²) in [7, 11) is 0. The minimum absolute atomic E-state index is 0.0795. The van der Waals surface area contributed by atoms with Crippen molar-refractivity contribution < 1.29 is 4.79 Å². The molecule has 4 nitrogen and oxygen atoms in total. The highest BCUT2D eigenvalue weighted by Gasteiger charge is 2.05. The molecule has 21 heavy (non-hydrogen) atoms. The molecule has 1 amide bonds. The maximum atomic E-state index is 12.0. The number of carbonyl (C=O) groups is 1. The minimum atomic E-state index is 0.0795. The largest absolute Gasteiger partial charge is 0.355 e. The van der Waals surface area contributed by atoms with E-state index in [-0.39, 0.29) is 5.91 Å². The van der Waals surface area contributed by atoms with E-state index in [2.05, 4.69) is 30.1 Å². The maximum absolute atomic E-state index is 12.0. The van der Waals surface area contributed by atoms with Gasteiger partial charge in [-0.2, -0.15) is 0 Å². The van der Waals surface area contributed by atoms with Crippen LogP contribution in [-0.2, 0) is 11.3 Å². The van der Waals surface area contributed by atoms with Gasteiger partial charge in [0.15, 0.2) is 0 Å². The van der Waals surface area contributed by atoms with Gasteiger partial charge in [0, 0.05) is 18.3 Å². The molecule has 0 saturated carbocycles. The molecule has 0 bridgehead atoms. The van der Waals surface area contributed by atoms with Crippen LogP contribution in [0.3, 0.4) is 0 Å². The zero-order valence-corrected chi connectivity index (χ0v) is 13.0. The van der Waals surface area contributed by atoms with Gasteiger partial charge in [0.1, 0.15) is 6.54 Å². The van der Waals surface area contributed by atoms with E-state index in [0.29, 0.717) is 6.54 Å². The lowest BCUT2D eigenvalue weighted by atomic mass is 10.2. The van der Waals surface area contributed by atoms with Crippen molar-refractivity contribution in [2.75, 3.05) is 26.2 Å². The Hall–Kier alpha value is -1.81. The Balaban J connectivity index is 1.77. The highest BCUT2D eigenvalue weighted by molar-refractivity contribution is 5.83. The van der Waals surface area contributed by atoms with Crippen LogP contribution in [0.25, 0.3) is 10.9 Å². The van der Waals surface area contributed by atoms with Crippen LogP contribution in [0.4, 0.5) is 0 Å². The molecule has 1 N–H and O–H groups in total. The summed E-state index contributed by atoms with van der Waals surface area (Å²) in [6.45, 7) is 8.64. The molecule has 0 aliphatic heterocycles. The van der Waals surface area contributed by atoms with Crippen LogP contribution in [0.15, 0.2) is 36.5 Å². The molecular formula is C17H25N3O. The van der Waals surface area contributed by atoms with Crippen molar-refractivity contribution in [3.05, 3.63) is 36.5 Å². The van der Waals surface area contributed by atoms with Gasteiger partial charge in [-0.1, -0.05) is 32.0 Å². The van der Waals surface area contributed by atoms with Gasteiger partial charge in [-0.25, -0.2) is 0 Å². The Kier molecular flexibility index (Phi) is 5.81. The third-order valence-corrected chi connectivity index (χ3v) is 3.86. The van der Waals surface area contributed by atoms with Crippen molar-refractivity contribution in [3.8, 4) is 0 Å². The summed E-state index contributed by atoms with van der Waals surface area (Å²) < 4.78 is 2.00. The number of hydrogen-bond acceptors (Lipinski definition) is 2. The SMILES string of the molecule is CCN(CC)CCCNC(=O)Cn1ccc2ccccc21. The molecule has 2 aromatic rings. The van der Waals surface area contributed by atoms with Crippen LogP contribution in [0.2, 0.25) is 0 Å². The summed E-state index contributed by atoms with van der Waals surface area (Å²) in [5.74, 6) is 0.0795. The third kappa shape index (κ3) is 4.33. The van der Waals surface area contributed by atoms with E-state index in [9.17, 15) is 4.79 Å². The number of carbonyl (C=O) groups excluding carboxylic acids is 1. The lowest BCUT2D eigenvalue weighted by Crippen LogP contribution is -2.31. The summed E-state index contributed by atoms with van der Waals surface area (Å²) in [6, 6.07) is 10.2. The average molecular weight is 287 g/mol. The van der Waals surface area contributed by atoms with Crippen molar-refractivity contribution in [2.45, 2.75) is 26.8 Å². The van der Waals surface area contributed by atoms with Crippen molar-refractivity contribution in [2.24, 2.45) is 0 Å². The van der Waals surface area contributed by atoms with Crippen LogP contribution in [-0.4, -0.2) is 41.6 Å². The normalized spacial score (nSPS) is 11.2. The first-order valence-electron chi connectivity index (χ1n) is 7.77. The lowest BCUT2D eigenvalue weighted by molar-refractivity contribution is -0.121. The van der Waals surface area contributed by atoms with Crippen molar-refractivity contribution >= 4 is 16.8 Å². The number of fused-ring (bicyclic) bond motifs is 1. The van der Waals surface area contributed by atoms with E-state index in [1.807, 2.05) is 35.0 Å². The van der Waals surface area contributed by atoms with Gasteiger partial charge < -0.3 is 14.8 Å². The number of nitrogens with zero attached hydrogens (tertiary/aromatic N) is 2. The Morgan fingerprint density at radius 3 is 2.71 bits per heavy atom. The van der Waals surface area contributed by atoms with Gasteiger partial charge in [-0.05, 0) is 43.6 Å². The monoisotopic (exact) mass is 287 g/mol. The Morgan fingerprint density at radius 2 is 1.95 bits per heavy atom. The Bertz CT molecular complexity index is 572. The molecule has 2 rings (SSSR count).